The van der Waals surface area contributed by atoms with E-state index in [1.54, 1.807) is 30.5 Å². The van der Waals surface area contributed by atoms with E-state index < -0.39 is 5.97 Å². The third-order valence-corrected chi connectivity index (χ3v) is 3.58. The van der Waals surface area contributed by atoms with Gasteiger partial charge in [0.05, 0.1) is 18.2 Å². The number of esters is 1. The summed E-state index contributed by atoms with van der Waals surface area (Å²) in [5.41, 5.74) is 1.81. The summed E-state index contributed by atoms with van der Waals surface area (Å²) in [5, 5.41) is 3.76. The van der Waals surface area contributed by atoms with Crippen molar-refractivity contribution in [2.75, 3.05) is 12.4 Å². The van der Waals surface area contributed by atoms with Crippen LogP contribution in [0.25, 0.3) is 10.9 Å². The topological polar surface area (TPSA) is 73.2 Å². The van der Waals surface area contributed by atoms with E-state index >= 15 is 0 Å². The lowest BCUT2D eigenvalue weighted by atomic mass is 10.1. The van der Waals surface area contributed by atoms with Crippen LogP contribution in [0.15, 0.2) is 48.8 Å². The molecule has 1 aromatic carbocycles. The number of methoxy groups -OCH3 is 1. The molecule has 116 valence electrons. The van der Waals surface area contributed by atoms with Crippen molar-refractivity contribution < 1.29 is 14.3 Å². The Balaban J connectivity index is 1.79. The van der Waals surface area contributed by atoms with Crippen molar-refractivity contribution >= 4 is 28.6 Å². The predicted octanol–water partition coefficient (Wildman–Crippen LogP) is 2.61. The van der Waals surface area contributed by atoms with Crippen LogP contribution < -0.4 is 5.32 Å². The van der Waals surface area contributed by atoms with E-state index in [0.29, 0.717) is 16.9 Å². The Labute approximate surface area is 132 Å². The number of anilines is 1. The van der Waals surface area contributed by atoms with E-state index in [9.17, 15) is 9.59 Å². The number of nitrogens with one attached hydrogen (secondary N) is 1. The van der Waals surface area contributed by atoms with Crippen LogP contribution in [0.4, 0.5) is 5.82 Å². The highest BCUT2D eigenvalue weighted by Crippen LogP contribution is 2.17. The normalized spacial score (nSPS) is 10.5. The van der Waals surface area contributed by atoms with Crippen LogP contribution in [0.3, 0.4) is 0 Å². The molecule has 0 unspecified atom stereocenters. The number of ether oxygens (including phenoxy) is 1. The largest absolute Gasteiger partial charge is 0.465 e. The molecular formula is C17H15N3O3. The molecule has 23 heavy (non-hydrogen) atoms. The number of hydrogen-bond donors (Lipinski definition) is 1. The summed E-state index contributed by atoms with van der Waals surface area (Å²) >= 11 is 0. The van der Waals surface area contributed by atoms with Gasteiger partial charge < -0.3 is 14.6 Å². The Kier molecular flexibility index (Phi) is 3.80. The fourth-order valence-corrected chi connectivity index (χ4v) is 2.29. The second-order valence-corrected chi connectivity index (χ2v) is 5.08. The third-order valence-electron chi connectivity index (χ3n) is 3.58. The first-order valence-corrected chi connectivity index (χ1v) is 6.99. The molecule has 0 saturated carbocycles. The Morgan fingerprint density at radius 1 is 1.13 bits per heavy atom. The molecule has 1 N–H and O–H groups in total. The number of amides is 1. The number of carbonyl (C=O) groups is 2. The summed E-state index contributed by atoms with van der Waals surface area (Å²) in [5.74, 6) is -0.253. The van der Waals surface area contributed by atoms with Crippen molar-refractivity contribution in [1.29, 1.82) is 0 Å². The quantitative estimate of drug-likeness (QED) is 0.755. The number of nitrogens with zero attached hydrogens (tertiary/aromatic N) is 2. The lowest BCUT2D eigenvalue weighted by Gasteiger charge is -2.06. The molecule has 2 aromatic heterocycles. The standard InChI is InChI=1S/C17H15N3O3/c1-20-8-7-13-10-18-15(9-14(13)20)19-16(21)11-3-5-12(6-4-11)17(22)23-2/h3-10H,1-2H3,(H,18,19,21). The van der Waals surface area contributed by atoms with Crippen molar-refractivity contribution in [2.45, 2.75) is 0 Å². The van der Waals surface area contributed by atoms with Gasteiger partial charge in [0.1, 0.15) is 5.82 Å². The summed E-state index contributed by atoms with van der Waals surface area (Å²) in [7, 11) is 3.24. The van der Waals surface area contributed by atoms with Crippen molar-refractivity contribution in [3.05, 3.63) is 59.9 Å². The lowest BCUT2D eigenvalue weighted by Crippen LogP contribution is -2.13. The molecule has 0 aliphatic rings. The van der Waals surface area contributed by atoms with Crippen LogP contribution in [0.2, 0.25) is 0 Å². The first-order chi connectivity index (χ1) is 11.1. The summed E-state index contributed by atoms with van der Waals surface area (Å²) in [4.78, 5) is 27.9. The maximum Gasteiger partial charge on any atom is 0.337 e. The Morgan fingerprint density at radius 3 is 2.52 bits per heavy atom. The van der Waals surface area contributed by atoms with E-state index in [1.807, 2.05) is 29.9 Å². The predicted molar refractivity (Wildman–Crippen MR) is 86.4 cm³/mol. The smallest absolute Gasteiger partial charge is 0.337 e. The fraction of sp³-hybridized carbons (Fsp3) is 0.118. The maximum atomic E-state index is 12.2. The average Bonchev–Trinajstić information content (AvgIpc) is 2.95. The van der Waals surface area contributed by atoms with Crippen LogP contribution in [-0.4, -0.2) is 28.5 Å². The Hall–Kier alpha value is -3.15. The van der Waals surface area contributed by atoms with Crippen LogP contribution in [0.1, 0.15) is 20.7 Å². The zero-order valence-corrected chi connectivity index (χ0v) is 12.7. The van der Waals surface area contributed by atoms with Gasteiger partial charge in [-0.05, 0) is 30.3 Å². The number of rotatable bonds is 3. The number of hydrogen-bond acceptors (Lipinski definition) is 4. The summed E-state index contributed by atoms with van der Waals surface area (Å²) in [6.45, 7) is 0. The van der Waals surface area contributed by atoms with Crippen LogP contribution in [0.5, 0.6) is 0 Å². The average molecular weight is 309 g/mol. The zero-order valence-electron chi connectivity index (χ0n) is 12.7. The Morgan fingerprint density at radius 2 is 1.83 bits per heavy atom. The molecule has 3 rings (SSSR count). The van der Waals surface area contributed by atoms with Crippen molar-refractivity contribution in [2.24, 2.45) is 7.05 Å². The second kappa shape index (κ2) is 5.92. The zero-order chi connectivity index (χ0) is 16.4. The molecule has 0 fully saturated rings. The van der Waals surface area contributed by atoms with Gasteiger partial charge in [0.25, 0.3) is 5.91 Å². The minimum atomic E-state index is -0.437. The van der Waals surface area contributed by atoms with Crippen molar-refractivity contribution in [1.82, 2.24) is 9.55 Å². The van der Waals surface area contributed by atoms with E-state index in [4.69, 9.17) is 0 Å². The molecule has 2 heterocycles. The first kappa shape index (κ1) is 14.8. The number of carbonyl (C=O) groups excluding carboxylic acids is 2. The molecule has 6 nitrogen and oxygen atoms in total. The molecular weight excluding hydrogens is 294 g/mol. The van der Waals surface area contributed by atoms with Gasteiger partial charge in [0.2, 0.25) is 0 Å². The van der Waals surface area contributed by atoms with Crippen LogP contribution in [-0.2, 0) is 11.8 Å². The lowest BCUT2D eigenvalue weighted by molar-refractivity contribution is 0.0600. The minimum Gasteiger partial charge on any atom is -0.465 e. The number of benzene rings is 1. The number of pyridine rings is 1. The van der Waals surface area contributed by atoms with E-state index in [0.717, 1.165) is 10.9 Å². The summed E-state index contributed by atoms with van der Waals surface area (Å²) in [6.07, 6.45) is 3.65. The van der Waals surface area contributed by atoms with Crippen molar-refractivity contribution in [3.63, 3.8) is 0 Å². The second-order valence-electron chi connectivity index (χ2n) is 5.08. The fourth-order valence-electron chi connectivity index (χ4n) is 2.29. The van der Waals surface area contributed by atoms with Crippen molar-refractivity contribution in [3.8, 4) is 0 Å². The minimum absolute atomic E-state index is 0.289. The monoisotopic (exact) mass is 309 g/mol. The molecule has 0 radical (unpaired) electrons. The third kappa shape index (κ3) is 2.91. The van der Waals surface area contributed by atoms with Crippen LogP contribution >= 0.6 is 0 Å². The summed E-state index contributed by atoms with van der Waals surface area (Å²) in [6, 6.07) is 10.0. The number of aromatic nitrogens is 2. The van der Waals surface area contributed by atoms with Gasteiger partial charge in [0, 0.05) is 36.5 Å². The van der Waals surface area contributed by atoms with Gasteiger partial charge in [-0.1, -0.05) is 0 Å². The van der Waals surface area contributed by atoms with Gasteiger partial charge in [-0.25, -0.2) is 9.78 Å². The number of aryl methyl sites for hydroxylation is 1. The molecule has 0 saturated heterocycles. The SMILES string of the molecule is COC(=O)c1ccc(C(=O)Nc2cc3c(ccn3C)cn2)cc1. The van der Waals surface area contributed by atoms with Gasteiger partial charge in [-0.15, -0.1) is 0 Å². The Bertz CT molecular complexity index is 882. The van der Waals surface area contributed by atoms with Gasteiger partial charge in [-0.2, -0.15) is 0 Å². The molecule has 3 aromatic rings. The van der Waals surface area contributed by atoms with E-state index in [1.165, 1.54) is 7.11 Å². The van der Waals surface area contributed by atoms with Gasteiger partial charge in [0.15, 0.2) is 0 Å². The highest BCUT2D eigenvalue weighted by Gasteiger charge is 2.10. The highest BCUT2D eigenvalue weighted by atomic mass is 16.5. The van der Waals surface area contributed by atoms with Gasteiger partial charge >= 0.3 is 5.97 Å². The molecule has 0 aliphatic heterocycles. The first-order valence-electron chi connectivity index (χ1n) is 6.99. The number of fused-ring (bicyclic) bond motifs is 1. The van der Waals surface area contributed by atoms with E-state index in [-0.39, 0.29) is 5.91 Å². The molecule has 0 atom stereocenters. The molecule has 0 spiro atoms. The van der Waals surface area contributed by atoms with Gasteiger partial charge in [-0.3, -0.25) is 4.79 Å². The molecule has 0 bridgehead atoms. The van der Waals surface area contributed by atoms with Crippen LogP contribution in [0, 0.1) is 0 Å². The molecule has 6 heteroatoms. The van der Waals surface area contributed by atoms with E-state index in [2.05, 4.69) is 15.0 Å². The molecule has 0 aliphatic carbocycles. The maximum absolute atomic E-state index is 12.2. The summed E-state index contributed by atoms with van der Waals surface area (Å²) < 4.78 is 6.58. The molecule has 1 amide bonds. The highest BCUT2D eigenvalue weighted by molar-refractivity contribution is 6.05.